The number of carbonyl (C=O) groups is 1. The first-order chi connectivity index (χ1) is 13.9. The van der Waals surface area contributed by atoms with Gasteiger partial charge in [0.2, 0.25) is 5.82 Å². The Kier molecular flexibility index (Phi) is 4.71. The number of hydrogen-bond donors (Lipinski definition) is 1. The van der Waals surface area contributed by atoms with Crippen LogP contribution in [0.5, 0.6) is 0 Å². The van der Waals surface area contributed by atoms with Gasteiger partial charge in [-0.05, 0) is 57.5 Å². The summed E-state index contributed by atoms with van der Waals surface area (Å²) < 4.78 is 13.9. The predicted molar refractivity (Wildman–Crippen MR) is 106 cm³/mol. The Morgan fingerprint density at radius 1 is 1.21 bits per heavy atom. The van der Waals surface area contributed by atoms with Crippen molar-refractivity contribution < 1.29 is 9.18 Å². The van der Waals surface area contributed by atoms with E-state index in [4.69, 9.17) is 5.26 Å². The van der Waals surface area contributed by atoms with Crippen LogP contribution in [0.3, 0.4) is 0 Å². The minimum Gasteiger partial charge on any atom is -0.330 e. The summed E-state index contributed by atoms with van der Waals surface area (Å²) in [5, 5.41) is 12.0. The molecule has 8 heteroatoms. The van der Waals surface area contributed by atoms with E-state index in [9.17, 15) is 9.18 Å². The Hall–Kier alpha value is -3.05. The zero-order valence-electron chi connectivity index (χ0n) is 16.5. The van der Waals surface area contributed by atoms with Gasteiger partial charge >= 0.3 is 6.03 Å². The maximum atomic E-state index is 13.9. The molecule has 1 aliphatic heterocycles. The van der Waals surface area contributed by atoms with E-state index < -0.39 is 0 Å². The molecule has 1 saturated carbocycles. The van der Waals surface area contributed by atoms with Gasteiger partial charge in [-0.2, -0.15) is 5.26 Å². The molecule has 0 unspecified atom stereocenters. The topological polar surface area (TPSA) is 85.2 Å². The fourth-order valence-electron chi connectivity index (χ4n) is 4.63. The molecule has 1 spiro atoms. The molecule has 0 bridgehead atoms. The second kappa shape index (κ2) is 7.08. The first-order valence-electron chi connectivity index (χ1n) is 9.63. The highest BCUT2D eigenvalue weighted by Gasteiger charge is 2.50. The number of anilines is 1. The van der Waals surface area contributed by atoms with Crippen molar-refractivity contribution in [1.29, 1.82) is 5.26 Å². The molecule has 7 nitrogen and oxygen atoms in total. The van der Waals surface area contributed by atoms with Crippen LogP contribution in [-0.4, -0.2) is 47.1 Å². The van der Waals surface area contributed by atoms with E-state index in [-0.39, 0.29) is 28.8 Å². The number of hydrogen-bond acceptors (Lipinski definition) is 5. The standard InChI is InChI=1S/C21H23FN6O/c1-27(2)21(15-4-3-5-16(22)10-15)8-6-20(7-9-21)14-28(19(29)26-20)17-12-24-18(11-23)25-13-17/h3-5,10,12-13H,6-9,14H2,1-2H3,(H,26,29)/t20-,21+. The molecular formula is C21H23FN6O. The summed E-state index contributed by atoms with van der Waals surface area (Å²) in [5.41, 5.74) is 0.952. The highest BCUT2D eigenvalue weighted by Crippen LogP contribution is 2.46. The molecule has 150 valence electrons. The van der Waals surface area contributed by atoms with E-state index in [1.165, 1.54) is 18.5 Å². The normalized spacial score (nSPS) is 26.6. The summed E-state index contributed by atoms with van der Waals surface area (Å²) in [6.07, 6.45) is 6.18. The van der Waals surface area contributed by atoms with Gasteiger partial charge in [-0.15, -0.1) is 0 Å². The fraction of sp³-hybridized carbons (Fsp3) is 0.429. The monoisotopic (exact) mass is 394 g/mol. The zero-order chi connectivity index (χ0) is 20.6. The van der Waals surface area contributed by atoms with Crippen molar-refractivity contribution in [3.8, 4) is 6.07 Å². The van der Waals surface area contributed by atoms with E-state index in [0.29, 0.717) is 12.2 Å². The van der Waals surface area contributed by atoms with Crippen LogP contribution in [0, 0.1) is 17.1 Å². The van der Waals surface area contributed by atoms with E-state index >= 15 is 0 Å². The SMILES string of the molecule is CN(C)[C@]1(c2cccc(F)c2)CC[C@]2(CC1)CN(c1cnc(C#N)nc1)C(=O)N2. The second-order valence-corrected chi connectivity index (χ2v) is 8.11. The molecule has 2 aliphatic rings. The fourth-order valence-corrected chi connectivity index (χ4v) is 4.63. The van der Waals surface area contributed by atoms with Crippen molar-refractivity contribution >= 4 is 11.7 Å². The van der Waals surface area contributed by atoms with Crippen molar-refractivity contribution in [2.75, 3.05) is 25.5 Å². The molecule has 1 aliphatic carbocycles. The Labute approximate surface area is 169 Å². The maximum absolute atomic E-state index is 13.9. The van der Waals surface area contributed by atoms with Gasteiger partial charge in [0.25, 0.3) is 0 Å². The number of aromatic nitrogens is 2. The number of amides is 2. The van der Waals surface area contributed by atoms with Crippen molar-refractivity contribution in [3.63, 3.8) is 0 Å². The summed E-state index contributed by atoms with van der Waals surface area (Å²) in [7, 11) is 4.05. The number of benzene rings is 1. The number of urea groups is 1. The van der Waals surface area contributed by atoms with E-state index in [1.54, 1.807) is 17.0 Å². The van der Waals surface area contributed by atoms with Crippen LogP contribution < -0.4 is 10.2 Å². The van der Waals surface area contributed by atoms with Gasteiger partial charge in [-0.1, -0.05) is 12.1 Å². The highest BCUT2D eigenvalue weighted by molar-refractivity contribution is 5.95. The summed E-state index contributed by atoms with van der Waals surface area (Å²) in [6, 6.07) is 8.52. The highest BCUT2D eigenvalue weighted by atomic mass is 19.1. The van der Waals surface area contributed by atoms with Gasteiger partial charge < -0.3 is 5.32 Å². The molecule has 0 atom stereocenters. The average molecular weight is 394 g/mol. The smallest absolute Gasteiger partial charge is 0.322 e. The van der Waals surface area contributed by atoms with Crippen molar-refractivity contribution in [3.05, 3.63) is 53.9 Å². The zero-order valence-corrected chi connectivity index (χ0v) is 16.5. The Morgan fingerprint density at radius 2 is 1.90 bits per heavy atom. The number of nitriles is 1. The van der Waals surface area contributed by atoms with E-state index in [2.05, 4.69) is 20.2 Å². The number of carbonyl (C=O) groups excluding carboxylic acids is 1. The van der Waals surface area contributed by atoms with Gasteiger partial charge in [0.15, 0.2) is 0 Å². The van der Waals surface area contributed by atoms with Crippen LogP contribution in [-0.2, 0) is 5.54 Å². The quantitative estimate of drug-likeness (QED) is 0.865. The van der Waals surface area contributed by atoms with Crippen LogP contribution in [0.25, 0.3) is 0 Å². The molecule has 2 aromatic rings. The van der Waals surface area contributed by atoms with Gasteiger partial charge in [0.05, 0.1) is 30.2 Å². The Morgan fingerprint density at radius 3 is 2.48 bits per heavy atom. The number of nitrogens with one attached hydrogen (secondary N) is 1. The summed E-state index contributed by atoms with van der Waals surface area (Å²) >= 11 is 0. The summed E-state index contributed by atoms with van der Waals surface area (Å²) in [6.45, 7) is 0.522. The second-order valence-electron chi connectivity index (χ2n) is 8.11. The molecule has 1 aromatic heterocycles. The molecular weight excluding hydrogens is 371 g/mol. The van der Waals surface area contributed by atoms with Crippen LogP contribution >= 0.6 is 0 Å². The first kappa shape index (κ1) is 19.3. The number of rotatable bonds is 3. The Bertz CT molecular complexity index is 960. The number of halogens is 1. The molecule has 29 heavy (non-hydrogen) atoms. The lowest BCUT2D eigenvalue weighted by atomic mass is 9.69. The minimum atomic E-state index is -0.335. The molecule has 2 fully saturated rings. The Balaban J connectivity index is 1.55. The third-order valence-corrected chi connectivity index (χ3v) is 6.38. The van der Waals surface area contributed by atoms with Crippen LogP contribution in [0.1, 0.15) is 37.1 Å². The molecule has 1 saturated heterocycles. The lowest BCUT2D eigenvalue weighted by Gasteiger charge is -2.48. The molecule has 2 heterocycles. The molecule has 1 N–H and O–H groups in total. The number of nitrogens with zero attached hydrogens (tertiary/aromatic N) is 5. The minimum absolute atomic E-state index is 0.0756. The average Bonchev–Trinajstić information content (AvgIpc) is 3.04. The van der Waals surface area contributed by atoms with Gasteiger partial charge in [-0.3, -0.25) is 9.80 Å². The lowest BCUT2D eigenvalue weighted by molar-refractivity contribution is 0.0655. The van der Waals surface area contributed by atoms with E-state index in [1.807, 2.05) is 26.2 Å². The van der Waals surface area contributed by atoms with Crippen molar-refractivity contribution in [2.45, 2.75) is 36.8 Å². The molecule has 2 amide bonds. The van der Waals surface area contributed by atoms with Gasteiger partial charge in [-0.25, -0.2) is 19.2 Å². The predicted octanol–water partition coefficient (Wildman–Crippen LogP) is 2.79. The third-order valence-electron chi connectivity index (χ3n) is 6.38. The first-order valence-corrected chi connectivity index (χ1v) is 9.63. The van der Waals surface area contributed by atoms with Gasteiger partial charge in [0.1, 0.15) is 11.9 Å². The molecule has 0 radical (unpaired) electrons. The summed E-state index contributed by atoms with van der Waals surface area (Å²) in [5.74, 6) is -0.156. The largest absolute Gasteiger partial charge is 0.330 e. The van der Waals surface area contributed by atoms with Crippen LogP contribution in [0.4, 0.5) is 14.9 Å². The van der Waals surface area contributed by atoms with Crippen LogP contribution in [0.15, 0.2) is 36.7 Å². The van der Waals surface area contributed by atoms with Crippen molar-refractivity contribution in [1.82, 2.24) is 20.2 Å². The van der Waals surface area contributed by atoms with E-state index in [0.717, 1.165) is 31.2 Å². The lowest BCUT2D eigenvalue weighted by Crippen LogP contribution is -2.54. The van der Waals surface area contributed by atoms with Gasteiger partial charge in [0, 0.05) is 5.54 Å². The summed E-state index contributed by atoms with van der Waals surface area (Å²) in [4.78, 5) is 24.4. The van der Waals surface area contributed by atoms with Crippen LogP contribution in [0.2, 0.25) is 0 Å². The third kappa shape index (κ3) is 3.32. The molecule has 4 rings (SSSR count). The molecule has 1 aromatic carbocycles. The van der Waals surface area contributed by atoms with Crippen molar-refractivity contribution in [2.24, 2.45) is 0 Å². The maximum Gasteiger partial charge on any atom is 0.322 e.